The van der Waals surface area contributed by atoms with Gasteiger partial charge in [-0.1, -0.05) is 0 Å². The van der Waals surface area contributed by atoms with Crippen LogP contribution in [0.1, 0.15) is 16.8 Å². The van der Waals surface area contributed by atoms with Crippen molar-refractivity contribution in [2.75, 3.05) is 31.3 Å². The zero-order valence-electron chi connectivity index (χ0n) is 10.8. The molecule has 0 amide bonds. The zero-order valence-corrected chi connectivity index (χ0v) is 12.5. The lowest BCUT2D eigenvalue weighted by Crippen LogP contribution is -2.12. The minimum atomic E-state index is -3.11. The van der Waals surface area contributed by atoms with Crippen molar-refractivity contribution in [2.24, 2.45) is 0 Å². The average Bonchev–Trinajstić information content (AvgIpc) is 2.37. The fourth-order valence-corrected chi connectivity index (χ4v) is 2.18. The van der Waals surface area contributed by atoms with Crippen LogP contribution in [0.25, 0.3) is 0 Å². The van der Waals surface area contributed by atoms with Gasteiger partial charge < -0.3 is 19.8 Å². The van der Waals surface area contributed by atoms with Crippen molar-refractivity contribution in [3.63, 3.8) is 0 Å². The lowest BCUT2D eigenvalue weighted by molar-refractivity contribution is 0.0319. The second-order valence-corrected chi connectivity index (χ2v) is 7.14. The van der Waals surface area contributed by atoms with Crippen LogP contribution in [-0.4, -0.2) is 40.3 Å². The molecule has 0 saturated carbocycles. The van der Waals surface area contributed by atoms with Gasteiger partial charge in [-0.15, -0.1) is 0 Å². The molecule has 0 spiro atoms. The van der Waals surface area contributed by atoms with Crippen LogP contribution in [0, 0.1) is 0 Å². The van der Waals surface area contributed by atoms with Gasteiger partial charge in [0.25, 0.3) is 0 Å². The number of esters is 1. The molecule has 112 valence electrons. The molecule has 0 saturated heterocycles. The number of hydrogen-bond acceptors (Lipinski definition) is 6. The zero-order chi connectivity index (χ0) is 15.0. The second kappa shape index (κ2) is 8.15. The van der Waals surface area contributed by atoms with Crippen LogP contribution in [0.2, 0.25) is 0 Å². The molecular weight excluding hydrogens is 302 g/mol. The van der Waals surface area contributed by atoms with E-state index in [1.54, 1.807) is 24.3 Å². The van der Waals surface area contributed by atoms with Gasteiger partial charge in [0.2, 0.25) is 0 Å². The highest BCUT2D eigenvalue weighted by molar-refractivity contribution is 8.29. The Morgan fingerprint density at radius 1 is 1.25 bits per heavy atom. The van der Waals surface area contributed by atoms with Crippen molar-refractivity contribution in [3.05, 3.63) is 29.8 Å². The van der Waals surface area contributed by atoms with Crippen molar-refractivity contribution in [3.8, 4) is 0 Å². The van der Waals surface area contributed by atoms with Crippen molar-refractivity contribution in [1.82, 2.24) is 0 Å². The maximum atomic E-state index is 11.6. The summed E-state index contributed by atoms with van der Waals surface area (Å²) >= 11 is 4.33. The van der Waals surface area contributed by atoms with Crippen LogP contribution in [0.15, 0.2) is 24.3 Å². The van der Waals surface area contributed by atoms with Gasteiger partial charge in [-0.25, -0.2) is 9.00 Å². The van der Waals surface area contributed by atoms with Crippen LogP contribution in [0.3, 0.4) is 0 Å². The van der Waals surface area contributed by atoms with Crippen LogP contribution in [-0.2, 0) is 29.4 Å². The topological polar surface area (TPSA) is 98.9 Å². The number of benzene rings is 1. The molecular formula is C12H17NO5S2. The van der Waals surface area contributed by atoms with Gasteiger partial charge in [0, 0.05) is 23.5 Å². The largest absolute Gasteiger partial charge is 0.460 e. The van der Waals surface area contributed by atoms with Crippen LogP contribution < -0.4 is 5.73 Å². The Hall–Kier alpha value is -1.22. The molecule has 1 aromatic rings. The molecule has 0 aromatic heterocycles. The van der Waals surface area contributed by atoms with E-state index in [2.05, 4.69) is 11.2 Å². The Bertz CT molecular complexity index is 527. The average molecular weight is 319 g/mol. The van der Waals surface area contributed by atoms with Crippen LogP contribution >= 0.6 is 0 Å². The van der Waals surface area contributed by atoms with Crippen LogP contribution in [0.5, 0.6) is 0 Å². The Labute approximate surface area is 122 Å². The summed E-state index contributed by atoms with van der Waals surface area (Å²) in [6, 6.07) is 6.41. The number of carbonyl (C=O) groups excluding carboxylic acids is 1. The molecule has 1 aromatic carbocycles. The lowest BCUT2D eigenvalue weighted by atomic mass is 10.2. The summed E-state index contributed by atoms with van der Waals surface area (Å²) in [4.78, 5) is 11.6. The molecule has 0 aliphatic carbocycles. The predicted molar refractivity (Wildman–Crippen MR) is 79.6 cm³/mol. The third-order valence-electron chi connectivity index (χ3n) is 2.30. The fourth-order valence-electron chi connectivity index (χ4n) is 1.34. The Kier molecular flexibility index (Phi) is 6.86. The van der Waals surface area contributed by atoms with E-state index in [1.165, 1.54) is 0 Å². The number of nitrogen functional groups attached to an aromatic ring is 1. The molecule has 20 heavy (non-hydrogen) atoms. The first-order valence-corrected chi connectivity index (χ1v) is 8.55. The molecule has 0 heterocycles. The number of rotatable bonds is 8. The normalized spacial score (nSPS) is 13.7. The number of carbonyl (C=O) groups is 1. The summed E-state index contributed by atoms with van der Waals surface area (Å²) in [5.41, 5.74) is 6.51. The SMILES string of the molecule is Nc1ccc(C(=O)OCCOCCCS(=O)(O)=S)cc1. The van der Waals surface area contributed by atoms with E-state index in [9.17, 15) is 9.00 Å². The maximum Gasteiger partial charge on any atom is 0.338 e. The monoisotopic (exact) mass is 319 g/mol. The number of nitrogens with two attached hydrogens (primary N) is 1. The third-order valence-corrected chi connectivity index (χ3v) is 3.60. The summed E-state index contributed by atoms with van der Waals surface area (Å²) in [7, 11) is -3.11. The van der Waals surface area contributed by atoms with Crippen molar-refractivity contribution < 1.29 is 23.0 Å². The number of anilines is 1. The van der Waals surface area contributed by atoms with Gasteiger partial charge >= 0.3 is 5.97 Å². The lowest BCUT2D eigenvalue weighted by Gasteiger charge is -2.06. The van der Waals surface area contributed by atoms with Crippen molar-refractivity contribution >= 4 is 31.6 Å². The van der Waals surface area contributed by atoms with Gasteiger partial charge in [0.15, 0.2) is 0 Å². The first kappa shape index (κ1) is 16.8. The summed E-state index contributed by atoms with van der Waals surface area (Å²) in [5.74, 6) is -0.425. The molecule has 1 rings (SSSR count). The highest BCUT2D eigenvalue weighted by atomic mass is 32.8. The minimum Gasteiger partial charge on any atom is -0.460 e. The van der Waals surface area contributed by atoms with Gasteiger partial charge in [-0.05, 0) is 30.7 Å². The van der Waals surface area contributed by atoms with Crippen molar-refractivity contribution in [1.29, 1.82) is 0 Å². The summed E-state index contributed by atoms with van der Waals surface area (Å²) in [6.45, 7) is 0.643. The molecule has 1 unspecified atom stereocenters. The molecule has 0 radical (unpaired) electrons. The standard InChI is InChI=1S/C12H17NO5S2/c13-11-4-2-10(3-5-11)12(14)18-8-7-17-6-1-9-20(15,16)19/h2-5H,1,6-9,13H2,(H,15,16,19). The first-order valence-electron chi connectivity index (χ1n) is 5.94. The van der Waals surface area contributed by atoms with Crippen LogP contribution in [0.4, 0.5) is 5.69 Å². The van der Waals surface area contributed by atoms with E-state index in [1.807, 2.05) is 0 Å². The van der Waals surface area contributed by atoms with Gasteiger partial charge in [0.1, 0.15) is 15.4 Å². The van der Waals surface area contributed by atoms with Crippen molar-refractivity contribution in [2.45, 2.75) is 6.42 Å². The Morgan fingerprint density at radius 2 is 1.90 bits per heavy atom. The first-order chi connectivity index (χ1) is 9.38. The molecule has 6 nitrogen and oxygen atoms in total. The molecule has 0 aliphatic heterocycles. The number of hydrogen-bond donors (Lipinski definition) is 2. The molecule has 0 bridgehead atoms. The van der Waals surface area contributed by atoms with E-state index in [0.717, 1.165) is 0 Å². The van der Waals surface area contributed by atoms with E-state index in [-0.39, 0.29) is 19.0 Å². The Balaban J connectivity index is 2.12. The molecule has 3 N–H and O–H groups in total. The maximum absolute atomic E-state index is 11.6. The highest BCUT2D eigenvalue weighted by Crippen LogP contribution is 2.06. The van der Waals surface area contributed by atoms with E-state index < -0.39 is 14.7 Å². The minimum absolute atomic E-state index is 0.0214. The fraction of sp³-hybridized carbons (Fsp3) is 0.417. The highest BCUT2D eigenvalue weighted by Gasteiger charge is 2.06. The second-order valence-electron chi connectivity index (χ2n) is 4.01. The van der Waals surface area contributed by atoms with Gasteiger partial charge in [-0.3, -0.25) is 0 Å². The molecule has 8 heteroatoms. The summed E-state index contributed by atoms with van der Waals surface area (Å²) in [5, 5.41) is 0. The van der Waals surface area contributed by atoms with E-state index in [4.69, 9.17) is 19.8 Å². The van der Waals surface area contributed by atoms with E-state index in [0.29, 0.717) is 24.3 Å². The summed E-state index contributed by atoms with van der Waals surface area (Å²) < 4.78 is 29.8. The number of ether oxygens (including phenoxy) is 2. The molecule has 0 fully saturated rings. The molecule has 0 aliphatic rings. The van der Waals surface area contributed by atoms with Gasteiger partial charge in [-0.2, -0.15) is 0 Å². The summed E-state index contributed by atoms with van der Waals surface area (Å²) in [6.07, 6.45) is 0.394. The Morgan fingerprint density at radius 3 is 2.50 bits per heavy atom. The van der Waals surface area contributed by atoms with Gasteiger partial charge in [0.05, 0.1) is 17.9 Å². The molecule has 1 atom stereocenters. The third kappa shape index (κ3) is 7.39. The quantitative estimate of drug-likeness (QED) is 0.420. The van der Waals surface area contributed by atoms with E-state index >= 15 is 0 Å². The predicted octanol–water partition coefficient (Wildman–Crippen LogP) is 1.05. The smallest absolute Gasteiger partial charge is 0.338 e.